The summed E-state index contributed by atoms with van der Waals surface area (Å²) in [5, 5.41) is 9.93. The molecule has 0 fully saturated rings. The Bertz CT molecular complexity index is 884. The average Bonchev–Trinajstić information content (AvgIpc) is 3.00. The lowest BCUT2D eigenvalue weighted by Crippen LogP contribution is -2.15. The molecule has 0 aliphatic heterocycles. The highest BCUT2D eigenvalue weighted by Crippen LogP contribution is 2.30. The number of aromatic nitrogens is 3. The summed E-state index contributed by atoms with van der Waals surface area (Å²) in [5.74, 6) is 8.47. The van der Waals surface area contributed by atoms with Crippen molar-refractivity contribution < 1.29 is 9.47 Å². The zero-order valence-electron chi connectivity index (χ0n) is 13.9. The Hall–Kier alpha value is -2.09. The molecule has 1 aromatic heterocycles. The maximum absolute atomic E-state index is 6.18. The Morgan fingerprint density at radius 3 is 2.50 bits per heavy atom. The number of benzene rings is 2. The van der Waals surface area contributed by atoms with Crippen molar-refractivity contribution >= 4 is 35.0 Å². The van der Waals surface area contributed by atoms with Gasteiger partial charge in [-0.3, -0.25) is 0 Å². The van der Waals surface area contributed by atoms with E-state index in [1.165, 1.54) is 16.4 Å². The van der Waals surface area contributed by atoms with Crippen LogP contribution in [0.1, 0.15) is 11.4 Å². The van der Waals surface area contributed by atoms with Crippen LogP contribution in [0.4, 0.5) is 0 Å². The summed E-state index contributed by atoms with van der Waals surface area (Å²) in [5.41, 5.74) is 0.831. The third-order valence-corrected chi connectivity index (χ3v) is 5.23. The van der Waals surface area contributed by atoms with Gasteiger partial charge in [-0.05, 0) is 29.8 Å². The lowest BCUT2D eigenvalue weighted by Gasteiger charge is -2.08. The number of hydrogen-bond acceptors (Lipinski definition) is 6. The van der Waals surface area contributed by atoms with Crippen LogP contribution in [-0.4, -0.2) is 22.0 Å². The fraction of sp³-hybridized carbons (Fsp3) is 0.176. The monoisotopic (exact) mass is 410 g/mol. The normalized spacial score (nSPS) is 10.7. The summed E-state index contributed by atoms with van der Waals surface area (Å²) >= 11 is 13.8. The van der Waals surface area contributed by atoms with Crippen molar-refractivity contribution in [1.29, 1.82) is 0 Å². The molecule has 0 radical (unpaired) electrons. The van der Waals surface area contributed by atoms with Crippen molar-refractivity contribution in [3.8, 4) is 11.5 Å². The SMILES string of the molecule is COc1cccc(OCc2nnc(SCc3c(Cl)cccc3Cl)n2N)c1. The first kappa shape index (κ1) is 18.7. The quantitative estimate of drug-likeness (QED) is 0.465. The predicted octanol–water partition coefficient (Wildman–Crippen LogP) is 4.18. The van der Waals surface area contributed by atoms with E-state index in [2.05, 4.69) is 10.2 Å². The minimum absolute atomic E-state index is 0.185. The summed E-state index contributed by atoms with van der Waals surface area (Å²) in [4.78, 5) is 0. The van der Waals surface area contributed by atoms with Gasteiger partial charge in [-0.1, -0.05) is 47.1 Å². The van der Waals surface area contributed by atoms with Gasteiger partial charge in [0.25, 0.3) is 0 Å². The lowest BCUT2D eigenvalue weighted by atomic mass is 10.2. The smallest absolute Gasteiger partial charge is 0.210 e. The first-order chi connectivity index (χ1) is 12.6. The molecule has 1 heterocycles. The number of rotatable bonds is 7. The van der Waals surface area contributed by atoms with E-state index in [0.29, 0.717) is 38.3 Å². The summed E-state index contributed by atoms with van der Waals surface area (Å²) in [6, 6.07) is 12.7. The van der Waals surface area contributed by atoms with E-state index in [1.54, 1.807) is 31.4 Å². The van der Waals surface area contributed by atoms with Crippen LogP contribution < -0.4 is 15.3 Å². The van der Waals surface area contributed by atoms with Crippen LogP contribution in [0.2, 0.25) is 10.0 Å². The van der Waals surface area contributed by atoms with Crippen molar-refractivity contribution in [2.45, 2.75) is 17.5 Å². The van der Waals surface area contributed by atoms with E-state index in [4.69, 9.17) is 38.5 Å². The number of thioether (sulfide) groups is 1. The van der Waals surface area contributed by atoms with Crippen molar-refractivity contribution in [3.05, 3.63) is 63.9 Å². The molecule has 0 aliphatic carbocycles. The summed E-state index contributed by atoms with van der Waals surface area (Å²) in [6.45, 7) is 0.185. The molecule has 2 N–H and O–H groups in total. The van der Waals surface area contributed by atoms with Gasteiger partial charge >= 0.3 is 0 Å². The van der Waals surface area contributed by atoms with E-state index < -0.39 is 0 Å². The predicted molar refractivity (Wildman–Crippen MR) is 104 cm³/mol. The minimum atomic E-state index is 0.185. The van der Waals surface area contributed by atoms with Crippen LogP contribution in [0.5, 0.6) is 11.5 Å². The maximum atomic E-state index is 6.18. The van der Waals surface area contributed by atoms with E-state index in [9.17, 15) is 0 Å². The first-order valence-corrected chi connectivity index (χ1v) is 9.34. The van der Waals surface area contributed by atoms with Gasteiger partial charge in [-0.25, -0.2) is 4.68 Å². The molecule has 0 unspecified atom stereocenters. The topological polar surface area (TPSA) is 75.2 Å². The molecular formula is C17H16Cl2N4O2S. The Balaban J connectivity index is 1.64. The molecule has 136 valence electrons. The van der Waals surface area contributed by atoms with Crippen molar-refractivity contribution in [1.82, 2.24) is 14.9 Å². The van der Waals surface area contributed by atoms with Crippen LogP contribution in [0.3, 0.4) is 0 Å². The molecule has 0 saturated heterocycles. The Kier molecular flexibility index (Phi) is 6.13. The van der Waals surface area contributed by atoms with Crippen molar-refractivity contribution in [3.63, 3.8) is 0 Å². The van der Waals surface area contributed by atoms with E-state index in [-0.39, 0.29) is 6.61 Å². The zero-order valence-corrected chi connectivity index (χ0v) is 16.2. The third-order valence-electron chi connectivity index (χ3n) is 3.55. The number of nitrogens with two attached hydrogens (primary N) is 1. The molecule has 0 amide bonds. The van der Waals surface area contributed by atoms with Gasteiger partial charge in [0.1, 0.15) is 18.1 Å². The fourth-order valence-corrected chi connectivity index (χ4v) is 3.77. The van der Waals surface area contributed by atoms with Gasteiger partial charge in [0, 0.05) is 21.9 Å². The van der Waals surface area contributed by atoms with Gasteiger partial charge in [0.15, 0.2) is 5.82 Å². The minimum Gasteiger partial charge on any atom is -0.497 e. The molecule has 0 spiro atoms. The molecule has 6 nitrogen and oxygen atoms in total. The van der Waals surface area contributed by atoms with E-state index >= 15 is 0 Å². The Morgan fingerprint density at radius 2 is 1.77 bits per heavy atom. The summed E-state index contributed by atoms with van der Waals surface area (Å²) in [6.07, 6.45) is 0. The molecule has 3 rings (SSSR count). The number of nitrogen functional groups attached to an aromatic ring is 1. The molecule has 0 aliphatic rings. The molecule has 0 bridgehead atoms. The van der Waals surface area contributed by atoms with Gasteiger partial charge in [-0.15, -0.1) is 10.2 Å². The van der Waals surface area contributed by atoms with Crippen LogP contribution in [-0.2, 0) is 12.4 Å². The molecule has 0 atom stereocenters. The highest BCUT2D eigenvalue weighted by atomic mass is 35.5. The number of methoxy groups -OCH3 is 1. The molecule has 9 heteroatoms. The van der Waals surface area contributed by atoms with Crippen molar-refractivity contribution in [2.24, 2.45) is 0 Å². The van der Waals surface area contributed by atoms with Gasteiger partial charge in [0.05, 0.1) is 7.11 Å². The summed E-state index contributed by atoms with van der Waals surface area (Å²) < 4.78 is 12.3. The number of nitrogens with zero attached hydrogens (tertiary/aromatic N) is 3. The summed E-state index contributed by atoms with van der Waals surface area (Å²) in [7, 11) is 1.60. The zero-order chi connectivity index (χ0) is 18.5. The van der Waals surface area contributed by atoms with Crippen LogP contribution in [0.25, 0.3) is 0 Å². The largest absolute Gasteiger partial charge is 0.497 e. The van der Waals surface area contributed by atoms with E-state index in [1.807, 2.05) is 18.2 Å². The fourth-order valence-electron chi connectivity index (χ4n) is 2.15. The lowest BCUT2D eigenvalue weighted by molar-refractivity contribution is 0.289. The molecular weight excluding hydrogens is 395 g/mol. The second kappa shape index (κ2) is 8.53. The molecule has 3 aromatic rings. The van der Waals surface area contributed by atoms with Gasteiger partial charge < -0.3 is 15.3 Å². The van der Waals surface area contributed by atoms with Gasteiger partial charge in [-0.2, -0.15) is 0 Å². The van der Waals surface area contributed by atoms with Crippen LogP contribution in [0.15, 0.2) is 47.6 Å². The first-order valence-electron chi connectivity index (χ1n) is 7.60. The third kappa shape index (κ3) is 4.35. The standard InChI is InChI=1S/C17H16Cl2N4O2S/c1-24-11-4-2-5-12(8-11)25-9-16-21-22-17(23(16)20)26-10-13-14(18)6-3-7-15(13)19/h2-8H,9-10,20H2,1H3. The van der Waals surface area contributed by atoms with Crippen LogP contribution >= 0.6 is 35.0 Å². The Labute approximate surface area is 165 Å². The number of hydrogen-bond donors (Lipinski definition) is 1. The van der Waals surface area contributed by atoms with Crippen LogP contribution in [0, 0.1) is 0 Å². The molecule has 26 heavy (non-hydrogen) atoms. The second-order valence-corrected chi connectivity index (χ2v) is 6.98. The number of halogens is 2. The van der Waals surface area contributed by atoms with Gasteiger partial charge in [0.2, 0.25) is 5.16 Å². The average molecular weight is 411 g/mol. The Morgan fingerprint density at radius 1 is 1.08 bits per heavy atom. The molecule has 0 saturated carbocycles. The van der Waals surface area contributed by atoms with Crippen molar-refractivity contribution in [2.75, 3.05) is 13.0 Å². The van der Waals surface area contributed by atoms with E-state index in [0.717, 1.165) is 5.56 Å². The number of ether oxygens (including phenoxy) is 2. The highest BCUT2D eigenvalue weighted by molar-refractivity contribution is 7.98. The maximum Gasteiger partial charge on any atom is 0.210 e. The molecule has 2 aromatic carbocycles. The second-order valence-electron chi connectivity index (χ2n) is 5.23. The highest BCUT2D eigenvalue weighted by Gasteiger charge is 2.13.